The van der Waals surface area contributed by atoms with E-state index in [-0.39, 0.29) is 42.4 Å². The normalized spacial score (nSPS) is 19.5. The fourth-order valence-electron chi connectivity index (χ4n) is 2.59. The molecule has 1 fully saturated rings. The molecular weight excluding hydrogens is 311 g/mol. The largest absolute Gasteiger partial charge is 0.391 e. The van der Waals surface area contributed by atoms with Crippen molar-refractivity contribution in [1.29, 1.82) is 0 Å². The molecule has 0 aromatic heterocycles. The van der Waals surface area contributed by atoms with E-state index in [9.17, 15) is 19.1 Å². The molecule has 2 atom stereocenters. The molecule has 2 N–H and O–H groups in total. The summed E-state index contributed by atoms with van der Waals surface area (Å²) in [4.78, 5) is 25.7. The van der Waals surface area contributed by atoms with Gasteiger partial charge in [0.15, 0.2) is 0 Å². The first-order valence-corrected chi connectivity index (χ1v) is 8.12. The lowest BCUT2D eigenvalue weighted by Crippen LogP contribution is -2.42. The van der Waals surface area contributed by atoms with Gasteiger partial charge in [0.25, 0.3) is 0 Å². The molecule has 24 heavy (non-hydrogen) atoms. The van der Waals surface area contributed by atoms with Crippen LogP contribution in [0.5, 0.6) is 0 Å². The van der Waals surface area contributed by atoms with Crippen molar-refractivity contribution in [3.8, 4) is 0 Å². The maximum Gasteiger partial charge on any atom is 0.227 e. The van der Waals surface area contributed by atoms with Gasteiger partial charge in [0.2, 0.25) is 11.8 Å². The molecule has 5 nitrogen and oxygen atoms in total. The highest BCUT2D eigenvalue weighted by Gasteiger charge is 2.36. The second-order valence-corrected chi connectivity index (χ2v) is 7.49. The molecule has 1 aliphatic heterocycles. The van der Waals surface area contributed by atoms with Crippen LogP contribution in [0.3, 0.4) is 0 Å². The number of aliphatic hydroxyl groups excluding tert-OH is 1. The molecule has 1 aliphatic rings. The number of aryl methyl sites for hydroxylation is 1. The number of carbonyl (C=O) groups is 2. The molecule has 1 aromatic carbocycles. The van der Waals surface area contributed by atoms with Gasteiger partial charge in [0, 0.05) is 19.5 Å². The highest BCUT2D eigenvalue weighted by Crippen LogP contribution is 2.28. The highest BCUT2D eigenvalue weighted by molar-refractivity contribution is 6.00. The Kier molecular flexibility index (Phi) is 5.28. The standard InChI is InChI=1S/C18H25FN2O3/c1-11-5-6-14(13(19)7-11)21-10-12(8-16(21)23)17(24)20-9-15(22)18(2,3)4/h5-7,12,15,22H,8-10H2,1-4H3,(H,20,24). The van der Waals surface area contributed by atoms with Crippen molar-refractivity contribution in [1.82, 2.24) is 5.32 Å². The van der Waals surface area contributed by atoms with E-state index in [1.165, 1.54) is 11.0 Å². The van der Waals surface area contributed by atoms with Crippen molar-refractivity contribution in [3.05, 3.63) is 29.6 Å². The van der Waals surface area contributed by atoms with Crippen molar-refractivity contribution < 1.29 is 19.1 Å². The molecule has 0 bridgehead atoms. The Morgan fingerprint density at radius 2 is 2.12 bits per heavy atom. The molecule has 1 saturated heterocycles. The molecule has 2 amide bonds. The molecule has 2 unspecified atom stereocenters. The van der Waals surface area contributed by atoms with Crippen LogP contribution >= 0.6 is 0 Å². The van der Waals surface area contributed by atoms with Crippen LogP contribution in [0.25, 0.3) is 0 Å². The van der Waals surface area contributed by atoms with Crippen LogP contribution in [0.15, 0.2) is 18.2 Å². The van der Waals surface area contributed by atoms with Gasteiger partial charge >= 0.3 is 0 Å². The predicted octanol–water partition coefficient (Wildman–Crippen LogP) is 2.01. The Morgan fingerprint density at radius 1 is 1.46 bits per heavy atom. The van der Waals surface area contributed by atoms with Gasteiger partial charge in [-0.05, 0) is 30.0 Å². The van der Waals surface area contributed by atoms with Gasteiger partial charge in [-0.1, -0.05) is 26.8 Å². The number of nitrogens with zero attached hydrogens (tertiary/aromatic N) is 1. The number of hydrogen-bond acceptors (Lipinski definition) is 3. The molecule has 1 heterocycles. The third-order valence-corrected chi connectivity index (χ3v) is 4.36. The number of benzene rings is 1. The van der Waals surface area contributed by atoms with E-state index in [4.69, 9.17) is 0 Å². The minimum atomic E-state index is -0.677. The summed E-state index contributed by atoms with van der Waals surface area (Å²) in [5.41, 5.74) is 0.638. The molecule has 0 aliphatic carbocycles. The highest BCUT2D eigenvalue weighted by atomic mass is 19.1. The van der Waals surface area contributed by atoms with Gasteiger partial charge in [-0.3, -0.25) is 9.59 Å². The lowest BCUT2D eigenvalue weighted by molar-refractivity contribution is -0.127. The minimum Gasteiger partial charge on any atom is -0.391 e. The zero-order valence-electron chi connectivity index (χ0n) is 14.6. The number of carbonyl (C=O) groups excluding carboxylic acids is 2. The van der Waals surface area contributed by atoms with Crippen molar-refractivity contribution in [2.75, 3.05) is 18.0 Å². The molecule has 0 spiro atoms. The molecule has 132 valence electrons. The van der Waals surface area contributed by atoms with Crippen LogP contribution in [0, 0.1) is 24.1 Å². The van der Waals surface area contributed by atoms with Crippen LogP contribution in [0.2, 0.25) is 0 Å². The number of hydrogen-bond donors (Lipinski definition) is 2. The van der Waals surface area contributed by atoms with Crippen molar-refractivity contribution in [3.63, 3.8) is 0 Å². The second kappa shape index (κ2) is 6.89. The first kappa shape index (κ1) is 18.4. The van der Waals surface area contributed by atoms with Crippen LogP contribution in [-0.4, -0.2) is 36.1 Å². The molecule has 1 aromatic rings. The Hall–Kier alpha value is -1.95. The maximum atomic E-state index is 14.1. The minimum absolute atomic E-state index is 0.0464. The summed E-state index contributed by atoms with van der Waals surface area (Å²) in [6.45, 7) is 7.69. The van der Waals surface area contributed by atoms with E-state index in [0.717, 1.165) is 5.56 Å². The summed E-state index contributed by atoms with van der Waals surface area (Å²) in [7, 11) is 0. The number of halogens is 1. The Balaban J connectivity index is 2.00. The SMILES string of the molecule is Cc1ccc(N2CC(C(=O)NCC(O)C(C)(C)C)CC2=O)c(F)c1. The smallest absolute Gasteiger partial charge is 0.227 e. The number of aliphatic hydroxyl groups is 1. The van der Waals surface area contributed by atoms with Gasteiger partial charge in [-0.15, -0.1) is 0 Å². The van der Waals surface area contributed by atoms with Crippen molar-refractivity contribution >= 4 is 17.5 Å². The van der Waals surface area contributed by atoms with Gasteiger partial charge in [0.1, 0.15) is 5.82 Å². The lowest BCUT2D eigenvalue weighted by Gasteiger charge is -2.26. The van der Waals surface area contributed by atoms with Crippen LogP contribution < -0.4 is 10.2 Å². The van der Waals surface area contributed by atoms with Gasteiger partial charge < -0.3 is 15.3 Å². The second-order valence-electron chi connectivity index (χ2n) is 7.49. The van der Waals surface area contributed by atoms with E-state index < -0.39 is 17.8 Å². The number of rotatable bonds is 4. The predicted molar refractivity (Wildman–Crippen MR) is 90.1 cm³/mol. The molecule has 2 rings (SSSR count). The average molecular weight is 336 g/mol. The fraction of sp³-hybridized carbons (Fsp3) is 0.556. The van der Waals surface area contributed by atoms with Gasteiger partial charge in [-0.25, -0.2) is 4.39 Å². The van der Waals surface area contributed by atoms with Crippen LogP contribution in [0.4, 0.5) is 10.1 Å². The zero-order chi connectivity index (χ0) is 18.1. The lowest BCUT2D eigenvalue weighted by atomic mass is 9.89. The summed E-state index contributed by atoms with van der Waals surface area (Å²) in [6, 6.07) is 4.67. The number of amides is 2. The van der Waals surface area contributed by atoms with E-state index in [2.05, 4.69) is 5.32 Å². The van der Waals surface area contributed by atoms with Gasteiger partial charge in [0.05, 0.1) is 17.7 Å². The summed E-state index contributed by atoms with van der Waals surface area (Å²) in [5.74, 6) is -1.56. The first-order valence-electron chi connectivity index (χ1n) is 8.12. The first-order chi connectivity index (χ1) is 11.1. The molecule has 0 saturated carbocycles. The van der Waals surface area contributed by atoms with Crippen molar-refractivity contribution in [2.24, 2.45) is 11.3 Å². The van der Waals surface area contributed by atoms with Crippen LogP contribution in [0.1, 0.15) is 32.8 Å². The Bertz CT molecular complexity index is 640. The zero-order valence-corrected chi connectivity index (χ0v) is 14.6. The summed E-state index contributed by atoms with van der Waals surface area (Å²) in [6.07, 6.45) is -0.630. The molecular formula is C18H25FN2O3. The average Bonchev–Trinajstić information content (AvgIpc) is 2.85. The van der Waals surface area contributed by atoms with Crippen molar-refractivity contribution in [2.45, 2.75) is 40.2 Å². The maximum absolute atomic E-state index is 14.1. The third kappa shape index (κ3) is 4.12. The summed E-state index contributed by atoms with van der Waals surface area (Å²) < 4.78 is 14.1. The quantitative estimate of drug-likeness (QED) is 0.884. The van der Waals surface area contributed by atoms with E-state index >= 15 is 0 Å². The fourth-order valence-corrected chi connectivity index (χ4v) is 2.59. The monoisotopic (exact) mass is 336 g/mol. The van der Waals surface area contributed by atoms with Crippen LogP contribution in [-0.2, 0) is 9.59 Å². The Morgan fingerprint density at radius 3 is 2.71 bits per heavy atom. The van der Waals surface area contributed by atoms with E-state index in [1.807, 2.05) is 20.8 Å². The molecule has 6 heteroatoms. The number of anilines is 1. The summed E-state index contributed by atoms with van der Waals surface area (Å²) in [5, 5.41) is 12.7. The van der Waals surface area contributed by atoms with E-state index in [0.29, 0.717) is 0 Å². The topological polar surface area (TPSA) is 69.6 Å². The van der Waals surface area contributed by atoms with E-state index in [1.54, 1.807) is 19.1 Å². The number of nitrogens with one attached hydrogen (secondary N) is 1. The van der Waals surface area contributed by atoms with Gasteiger partial charge in [-0.2, -0.15) is 0 Å². The Labute approximate surface area is 141 Å². The summed E-state index contributed by atoms with van der Waals surface area (Å²) >= 11 is 0. The molecule has 0 radical (unpaired) electrons. The third-order valence-electron chi connectivity index (χ3n) is 4.36.